The molecule has 3 unspecified atom stereocenters. The van der Waals surface area contributed by atoms with Crippen LogP contribution in [0.4, 0.5) is 0 Å². The SMILES string of the molecule is CCCCCC/C=C\C=C/CCCCCCCC(=O)O[C@H](COC(=O)CCCCCCCCCCC(C)CC)COP(=O)(O)OC[C@H](O)COP(=O)(O)OC[C@@H](COC(=O)CCCCCCCCCCCCCCCC(C)C)OC(=O)CCCCCCCCCCCCCCCCCCCCCCC. The van der Waals surface area contributed by atoms with E-state index in [1.807, 2.05) is 0 Å². The van der Waals surface area contributed by atoms with Gasteiger partial charge in [0.15, 0.2) is 12.2 Å². The van der Waals surface area contributed by atoms with Gasteiger partial charge in [-0.3, -0.25) is 37.3 Å². The zero-order valence-corrected chi connectivity index (χ0v) is 69.6. The second-order valence-electron chi connectivity index (χ2n) is 30.6. The number of hydrogen-bond donors (Lipinski definition) is 3. The van der Waals surface area contributed by atoms with Crippen molar-refractivity contribution in [1.29, 1.82) is 0 Å². The van der Waals surface area contributed by atoms with Crippen LogP contribution in [-0.2, 0) is 65.4 Å². The first-order valence-corrected chi connectivity index (χ1v) is 46.3. The van der Waals surface area contributed by atoms with Crippen molar-refractivity contribution in [2.24, 2.45) is 11.8 Å². The summed E-state index contributed by atoms with van der Waals surface area (Å²) in [7, 11) is -9.94. The Morgan fingerprint density at radius 2 is 0.567 bits per heavy atom. The minimum Gasteiger partial charge on any atom is -0.462 e. The molecule has 6 atom stereocenters. The standard InChI is InChI=1S/C85H162O17P2/c1-7-10-12-14-16-18-20-22-24-25-26-27-28-29-31-35-40-44-52-58-64-70-84(89)101-80(73-95-82(87)67-61-55-49-42-38-36-32-33-37-41-47-53-59-65-77(4)5)75-99-103(91,92)97-71-79(86)72-98-104(93,94)100-76-81(74-96-83(88)68-62-56-50-46-45-48-54-60-66-78(6)9-3)102-85(90)69-63-57-51-43-39-34-30-23-21-19-17-15-13-11-8-2/h19,21,23,30,77-81,86H,7-18,20,22,24-29,31-76H2,1-6H3,(H,91,92)(H,93,94)/b21-19-,30-23-/t78?,79-,80-,81-/m1/s1. The summed E-state index contributed by atoms with van der Waals surface area (Å²) in [4.78, 5) is 73.2. The largest absolute Gasteiger partial charge is 0.472 e. The molecule has 0 radical (unpaired) electrons. The second kappa shape index (κ2) is 75.9. The summed E-state index contributed by atoms with van der Waals surface area (Å²) in [6, 6.07) is 0. The number of esters is 4. The molecule has 0 bridgehead atoms. The normalized spacial score (nSPS) is 14.2. The van der Waals surface area contributed by atoms with Crippen molar-refractivity contribution in [2.75, 3.05) is 39.6 Å². The maximum Gasteiger partial charge on any atom is 0.472 e. The predicted octanol–water partition coefficient (Wildman–Crippen LogP) is 25.4. The first kappa shape index (κ1) is 102. The highest BCUT2D eigenvalue weighted by molar-refractivity contribution is 7.47. The minimum absolute atomic E-state index is 0.0848. The number of carbonyl (C=O) groups is 4. The minimum atomic E-state index is -4.97. The lowest BCUT2D eigenvalue weighted by Gasteiger charge is -2.21. The Balaban J connectivity index is 5.28. The summed E-state index contributed by atoms with van der Waals surface area (Å²) in [5.41, 5.74) is 0. The van der Waals surface area contributed by atoms with Crippen LogP contribution in [0.25, 0.3) is 0 Å². The number of allylic oxidation sites excluding steroid dienone is 4. The van der Waals surface area contributed by atoms with Crippen LogP contribution in [0.15, 0.2) is 24.3 Å². The molecular formula is C85H162O17P2. The lowest BCUT2D eigenvalue weighted by molar-refractivity contribution is -0.161. The molecule has 0 aliphatic carbocycles. The molecule has 0 aliphatic rings. The molecule has 17 nitrogen and oxygen atoms in total. The average molecular weight is 1520 g/mol. The van der Waals surface area contributed by atoms with Gasteiger partial charge in [-0.2, -0.15) is 0 Å². The first-order valence-electron chi connectivity index (χ1n) is 43.3. The van der Waals surface area contributed by atoms with E-state index < -0.39 is 97.5 Å². The summed E-state index contributed by atoms with van der Waals surface area (Å²) in [6.45, 7) is 9.61. The lowest BCUT2D eigenvalue weighted by Crippen LogP contribution is -2.30. The van der Waals surface area contributed by atoms with E-state index in [1.165, 1.54) is 231 Å². The van der Waals surface area contributed by atoms with Crippen LogP contribution in [-0.4, -0.2) is 96.7 Å². The molecule has 0 saturated carbocycles. The van der Waals surface area contributed by atoms with E-state index in [4.69, 9.17) is 37.0 Å². The molecule has 0 saturated heterocycles. The van der Waals surface area contributed by atoms with Gasteiger partial charge in [-0.25, -0.2) is 9.13 Å². The van der Waals surface area contributed by atoms with Crippen molar-refractivity contribution >= 4 is 39.5 Å². The fourth-order valence-electron chi connectivity index (χ4n) is 12.7. The molecule has 0 heterocycles. The van der Waals surface area contributed by atoms with Gasteiger partial charge in [0.2, 0.25) is 0 Å². The van der Waals surface area contributed by atoms with Crippen molar-refractivity contribution in [3.63, 3.8) is 0 Å². The van der Waals surface area contributed by atoms with Crippen LogP contribution in [0.2, 0.25) is 0 Å². The van der Waals surface area contributed by atoms with E-state index >= 15 is 0 Å². The summed E-state index contributed by atoms with van der Waals surface area (Å²) >= 11 is 0. The van der Waals surface area contributed by atoms with Crippen molar-refractivity contribution in [1.82, 2.24) is 0 Å². The third kappa shape index (κ3) is 76.3. The number of aliphatic hydroxyl groups is 1. The zero-order valence-electron chi connectivity index (χ0n) is 67.8. The fourth-order valence-corrected chi connectivity index (χ4v) is 14.3. The van der Waals surface area contributed by atoms with Gasteiger partial charge in [0.25, 0.3) is 0 Å². The molecule has 0 amide bonds. The Morgan fingerprint density at radius 3 is 0.865 bits per heavy atom. The maximum atomic E-state index is 13.1. The highest BCUT2D eigenvalue weighted by Gasteiger charge is 2.30. The predicted molar refractivity (Wildman–Crippen MR) is 427 cm³/mol. The third-order valence-electron chi connectivity index (χ3n) is 19.7. The van der Waals surface area contributed by atoms with Crippen molar-refractivity contribution in [3.05, 3.63) is 24.3 Å². The third-order valence-corrected chi connectivity index (χ3v) is 21.6. The van der Waals surface area contributed by atoms with Gasteiger partial charge in [0.05, 0.1) is 26.4 Å². The van der Waals surface area contributed by atoms with Crippen molar-refractivity contribution in [2.45, 2.75) is 445 Å². The topological polar surface area (TPSA) is 237 Å². The van der Waals surface area contributed by atoms with Gasteiger partial charge in [-0.1, -0.05) is 374 Å². The highest BCUT2D eigenvalue weighted by atomic mass is 31.2. The number of phosphoric acid groups is 2. The van der Waals surface area contributed by atoms with Crippen LogP contribution < -0.4 is 0 Å². The number of ether oxygens (including phenoxy) is 4. The van der Waals surface area contributed by atoms with Gasteiger partial charge >= 0.3 is 39.5 Å². The molecular weight excluding hydrogens is 1350 g/mol. The number of aliphatic hydroxyl groups excluding tert-OH is 1. The molecule has 0 fully saturated rings. The van der Waals surface area contributed by atoms with E-state index in [2.05, 4.69) is 65.8 Å². The number of unbranched alkanes of at least 4 members (excludes halogenated alkanes) is 48. The zero-order chi connectivity index (χ0) is 76.4. The Labute approximate surface area is 637 Å². The van der Waals surface area contributed by atoms with Crippen molar-refractivity contribution < 1.29 is 80.2 Å². The summed E-state index contributed by atoms with van der Waals surface area (Å²) in [6.07, 6.45) is 70.2. The Morgan fingerprint density at radius 1 is 0.317 bits per heavy atom. The van der Waals surface area contributed by atoms with Gasteiger partial charge in [-0.15, -0.1) is 0 Å². The van der Waals surface area contributed by atoms with Gasteiger partial charge < -0.3 is 33.8 Å². The molecule has 0 aliphatic heterocycles. The van der Waals surface area contributed by atoms with Gasteiger partial charge in [0, 0.05) is 25.7 Å². The van der Waals surface area contributed by atoms with Crippen LogP contribution in [0.3, 0.4) is 0 Å². The number of hydrogen-bond acceptors (Lipinski definition) is 15. The van der Waals surface area contributed by atoms with E-state index in [9.17, 15) is 43.2 Å². The summed E-state index contributed by atoms with van der Waals surface area (Å²) in [5, 5.41) is 10.7. The quantitative estimate of drug-likeness (QED) is 0.0169. The first-order chi connectivity index (χ1) is 50.4. The lowest BCUT2D eigenvalue weighted by atomic mass is 9.99. The molecule has 0 spiro atoms. The summed E-state index contributed by atoms with van der Waals surface area (Å²) < 4.78 is 68.8. The van der Waals surface area contributed by atoms with E-state index in [1.54, 1.807) is 0 Å². The number of rotatable bonds is 82. The van der Waals surface area contributed by atoms with Crippen LogP contribution in [0, 0.1) is 11.8 Å². The van der Waals surface area contributed by atoms with E-state index in [-0.39, 0.29) is 25.7 Å². The van der Waals surface area contributed by atoms with Crippen LogP contribution in [0.1, 0.15) is 427 Å². The van der Waals surface area contributed by atoms with E-state index in [0.29, 0.717) is 25.7 Å². The summed E-state index contributed by atoms with van der Waals surface area (Å²) in [5.74, 6) is -0.571. The Kier molecular flexibility index (Phi) is 74.1. The van der Waals surface area contributed by atoms with Crippen molar-refractivity contribution in [3.8, 4) is 0 Å². The highest BCUT2D eigenvalue weighted by Crippen LogP contribution is 2.45. The average Bonchev–Trinajstić information content (AvgIpc) is 0.925. The molecule has 0 aromatic heterocycles. The van der Waals surface area contributed by atoms with Crippen LogP contribution >= 0.6 is 15.6 Å². The Bertz CT molecular complexity index is 2090. The number of carbonyl (C=O) groups excluding carboxylic acids is 4. The smallest absolute Gasteiger partial charge is 0.462 e. The van der Waals surface area contributed by atoms with Crippen LogP contribution in [0.5, 0.6) is 0 Å². The molecule has 0 aromatic rings. The fraction of sp³-hybridized carbons (Fsp3) is 0.906. The molecule has 614 valence electrons. The number of phosphoric ester groups is 2. The van der Waals surface area contributed by atoms with E-state index in [0.717, 1.165) is 115 Å². The van der Waals surface area contributed by atoms with Gasteiger partial charge in [0.1, 0.15) is 19.3 Å². The molecule has 0 aromatic carbocycles. The molecule has 3 N–H and O–H groups in total. The molecule has 104 heavy (non-hydrogen) atoms. The maximum absolute atomic E-state index is 13.1. The molecule has 19 heteroatoms. The second-order valence-corrected chi connectivity index (χ2v) is 33.5. The monoisotopic (exact) mass is 1520 g/mol. The Hall–Kier alpha value is -2.46. The van der Waals surface area contributed by atoms with Gasteiger partial charge in [-0.05, 0) is 63.2 Å². The molecule has 0 rings (SSSR count).